The van der Waals surface area contributed by atoms with Crippen LogP contribution in [0.15, 0.2) is 10.7 Å². The Morgan fingerprint density at radius 3 is 2.75 bits per heavy atom. The van der Waals surface area contributed by atoms with Crippen molar-refractivity contribution < 1.29 is 9.53 Å². The minimum atomic E-state index is -0.501. The summed E-state index contributed by atoms with van der Waals surface area (Å²) in [6.07, 6.45) is 0. The second-order valence-electron chi connectivity index (χ2n) is 3.61. The van der Waals surface area contributed by atoms with Gasteiger partial charge in [0.25, 0.3) is 0 Å². The maximum atomic E-state index is 11.5. The van der Waals surface area contributed by atoms with Crippen LogP contribution >= 0.6 is 15.9 Å². The van der Waals surface area contributed by atoms with Gasteiger partial charge in [-0.25, -0.2) is 9.48 Å². The lowest BCUT2D eigenvalue weighted by atomic mass is 10.1. The van der Waals surface area contributed by atoms with Crippen molar-refractivity contribution in [2.45, 2.75) is 19.9 Å². The molecule has 1 rings (SSSR count). The summed E-state index contributed by atoms with van der Waals surface area (Å²) >= 11 is 3.18. The van der Waals surface area contributed by atoms with Gasteiger partial charge >= 0.3 is 5.97 Å². The van der Waals surface area contributed by atoms with Crippen LogP contribution in [0.2, 0.25) is 0 Å². The van der Waals surface area contributed by atoms with Crippen LogP contribution in [0.25, 0.3) is 0 Å². The molecule has 0 amide bonds. The van der Waals surface area contributed by atoms with Crippen LogP contribution in [0.3, 0.4) is 0 Å². The zero-order valence-electron chi connectivity index (χ0n) is 9.27. The molecule has 1 atom stereocenters. The van der Waals surface area contributed by atoms with Crippen molar-refractivity contribution in [3.8, 4) is 6.07 Å². The molecule has 0 saturated carbocycles. The van der Waals surface area contributed by atoms with Gasteiger partial charge in [0.15, 0.2) is 0 Å². The van der Waals surface area contributed by atoms with E-state index in [0.29, 0.717) is 4.60 Å². The third-order valence-electron chi connectivity index (χ3n) is 2.13. The third kappa shape index (κ3) is 2.42. The molecule has 0 spiro atoms. The van der Waals surface area contributed by atoms with E-state index in [1.807, 2.05) is 13.8 Å². The van der Waals surface area contributed by atoms with Crippen molar-refractivity contribution in [3.63, 3.8) is 0 Å². The first-order chi connectivity index (χ1) is 7.51. The predicted molar refractivity (Wildman–Crippen MR) is 60.8 cm³/mol. The van der Waals surface area contributed by atoms with Gasteiger partial charge in [0.1, 0.15) is 16.3 Å². The molecule has 1 aromatic heterocycles. The van der Waals surface area contributed by atoms with Crippen LogP contribution in [0.4, 0.5) is 0 Å². The number of hydrogen-bond donors (Lipinski definition) is 0. The van der Waals surface area contributed by atoms with Gasteiger partial charge in [-0.3, -0.25) is 0 Å². The number of nitriles is 1. The lowest BCUT2D eigenvalue weighted by Crippen LogP contribution is -2.20. The van der Waals surface area contributed by atoms with Gasteiger partial charge in [-0.15, -0.1) is 0 Å². The SMILES string of the molecule is COC(=O)c1cc(Br)nn1C(C#N)C(C)C. The molecule has 0 aliphatic carbocycles. The molecule has 0 aromatic carbocycles. The van der Waals surface area contributed by atoms with E-state index >= 15 is 0 Å². The minimum Gasteiger partial charge on any atom is -0.464 e. The number of aromatic nitrogens is 2. The number of ether oxygens (including phenoxy) is 1. The minimum absolute atomic E-state index is 0.0557. The van der Waals surface area contributed by atoms with Gasteiger partial charge in [-0.1, -0.05) is 13.8 Å². The molecule has 1 unspecified atom stereocenters. The van der Waals surface area contributed by atoms with Crippen LogP contribution in [0.5, 0.6) is 0 Å². The van der Waals surface area contributed by atoms with E-state index in [-0.39, 0.29) is 11.6 Å². The molecule has 6 heteroatoms. The van der Waals surface area contributed by atoms with E-state index in [1.165, 1.54) is 11.8 Å². The molecule has 0 aliphatic heterocycles. The fourth-order valence-corrected chi connectivity index (χ4v) is 1.71. The van der Waals surface area contributed by atoms with E-state index in [2.05, 4.69) is 31.8 Å². The van der Waals surface area contributed by atoms with Crippen molar-refractivity contribution in [1.29, 1.82) is 5.26 Å². The molecular formula is C10H12BrN3O2. The summed E-state index contributed by atoms with van der Waals surface area (Å²) in [5.41, 5.74) is 0.273. The lowest BCUT2D eigenvalue weighted by molar-refractivity contribution is 0.0584. The van der Waals surface area contributed by atoms with Crippen LogP contribution in [0.1, 0.15) is 30.4 Å². The molecule has 1 heterocycles. The van der Waals surface area contributed by atoms with Crippen molar-refractivity contribution >= 4 is 21.9 Å². The normalized spacial score (nSPS) is 12.2. The van der Waals surface area contributed by atoms with Crippen LogP contribution in [-0.4, -0.2) is 22.9 Å². The van der Waals surface area contributed by atoms with Crippen LogP contribution in [-0.2, 0) is 4.74 Å². The Bertz CT molecular complexity index is 434. The highest BCUT2D eigenvalue weighted by molar-refractivity contribution is 9.10. The molecule has 1 aromatic rings. The predicted octanol–water partition coefficient (Wildman–Crippen LogP) is 2.15. The van der Waals surface area contributed by atoms with E-state index in [0.717, 1.165) is 0 Å². The number of methoxy groups -OCH3 is 1. The first-order valence-electron chi connectivity index (χ1n) is 4.74. The molecule has 0 fully saturated rings. The Morgan fingerprint density at radius 2 is 2.31 bits per heavy atom. The average Bonchev–Trinajstić information content (AvgIpc) is 2.60. The zero-order chi connectivity index (χ0) is 12.3. The Morgan fingerprint density at radius 1 is 1.69 bits per heavy atom. The molecule has 16 heavy (non-hydrogen) atoms. The summed E-state index contributed by atoms with van der Waals surface area (Å²) in [4.78, 5) is 11.5. The number of carbonyl (C=O) groups is 1. The maximum Gasteiger partial charge on any atom is 0.356 e. The van der Waals surface area contributed by atoms with Crippen molar-refractivity contribution in [2.24, 2.45) is 5.92 Å². The first-order valence-corrected chi connectivity index (χ1v) is 5.53. The molecular weight excluding hydrogens is 274 g/mol. The highest BCUT2D eigenvalue weighted by Gasteiger charge is 2.23. The van der Waals surface area contributed by atoms with E-state index < -0.39 is 12.0 Å². The van der Waals surface area contributed by atoms with Gasteiger partial charge in [0.2, 0.25) is 0 Å². The number of carbonyl (C=O) groups excluding carboxylic acids is 1. The molecule has 0 aliphatic rings. The number of nitrogens with zero attached hydrogens (tertiary/aromatic N) is 3. The van der Waals surface area contributed by atoms with Gasteiger partial charge in [-0.05, 0) is 21.8 Å². The summed E-state index contributed by atoms with van der Waals surface area (Å²) in [7, 11) is 1.30. The second kappa shape index (κ2) is 5.12. The molecule has 0 bridgehead atoms. The van der Waals surface area contributed by atoms with Gasteiger partial charge in [0, 0.05) is 6.07 Å². The van der Waals surface area contributed by atoms with Crippen LogP contribution in [0, 0.1) is 17.2 Å². The van der Waals surface area contributed by atoms with Crippen molar-refractivity contribution in [3.05, 3.63) is 16.4 Å². The summed E-state index contributed by atoms with van der Waals surface area (Å²) in [5, 5.41) is 13.1. The summed E-state index contributed by atoms with van der Waals surface area (Å²) in [6.45, 7) is 3.79. The van der Waals surface area contributed by atoms with E-state index in [1.54, 1.807) is 6.07 Å². The Balaban J connectivity index is 3.22. The topological polar surface area (TPSA) is 67.9 Å². The third-order valence-corrected chi connectivity index (χ3v) is 2.52. The smallest absolute Gasteiger partial charge is 0.356 e. The number of halogens is 1. The molecule has 86 valence electrons. The molecule has 0 N–H and O–H groups in total. The van der Waals surface area contributed by atoms with Crippen molar-refractivity contribution in [2.75, 3.05) is 7.11 Å². The average molecular weight is 286 g/mol. The second-order valence-corrected chi connectivity index (χ2v) is 4.42. The van der Waals surface area contributed by atoms with E-state index in [9.17, 15) is 4.79 Å². The summed E-state index contributed by atoms with van der Waals surface area (Å²) in [6, 6.07) is 3.18. The summed E-state index contributed by atoms with van der Waals surface area (Å²) in [5.74, 6) is -0.445. The summed E-state index contributed by atoms with van der Waals surface area (Å²) < 4.78 is 6.53. The molecule has 5 nitrogen and oxygen atoms in total. The fourth-order valence-electron chi connectivity index (χ4n) is 1.32. The maximum absolute atomic E-state index is 11.5. The highest BCUT2D eigenvalue weighted by Crippen LogP contribution is 2.21. The highest BCUT2D eigenvalue weighted by atomic mass is 79.9. The standard InChI is InChI=1S/C10H12BrN3O2/c1-6(2)8(5-12)14-7(10(15)16-3)4-9(11)13-14/h4,6,8H,1-3H3. The Hall–Kier alpha value is -1.35. The number of hydrogen-bond acceptors (Lipinski definition) is 4. The Kier molecular flexibility index (Phi) is 4.07. The van der Waals surface area contributed by atoms with Gasteiger partial charge < -0.3 is 4.74 Å². The van der Waals surface area contributed by atoms with Gasteiger partial charge in [0.05, 0.1) is 13.2 Å². The van der Waals surface area contributed by atoms with E-state index in [4.69, 9.17) is 5.26 Å². The first kappa shape index (κ1) is 12.7. The van der Waals surface area contributed by atoms with Crippen LogP contribution < -0.4 is 0 Å². The van der Waals surface area contributed by atoms with Gasteiger partial charge in [-0.2, -0.15) is 10.4 Å². The fraction of sp³-hybridized carbons (Fsp3) is 0.500. The zero-order valence-corrected chi connectivity index (χ0v) is 10.9. The molecule has 0 saturated heterocycles. The largest absolute Gasteiger partial charge is 0.464 e. The lowest BCUT2D eigenvalue weighted by Gasteiger charge is -2.15. The Labute approximate surface area is 102 Å². The van der Waals surface area contributed by atoms with Crippen molar-refractivity contribution in [1.82, 2.24) is 9.78 Å². The quantitative estimate of drug-likeness (QED) is 0.798. The monoisotopic (exact) mass is 285 g/mol. The number of esters is 1. The number of rotatable bonds is 3. The molecule has 0 radical (unpaired) electrons.